The van der Waals surface area contributed by atoms with Gasteiger partial charge in [-0.25, -0.2) is 0 Å². The van der Waals surface area contributed by atoms with Crippen LogP contribution in [0.1, 0.15) is 46.5 Å². The summed E-state index contributed by atoms with van der Waals surface area (Å²) in [5.41, 5.74) is 2.05. The van der Waals surface area contributed by atoms with Crippen molar-refractivity contribution in [1.82, 2.24) is 4.90 Å². The maximum absolute atomic E-state index is 2.67. The van der Waals surface area contributed by atoms with Crippen LogP contribution in [0.4, 0.5) is 0 Å². The molecule has 0 radical (unpaired) electrons. The largest absolute Gasteiger partial charge is 0.296 e. The highest BCUT2D eigenvalue weighted by molar-refractivity contribution is 5.15. The first-order chi connectivity index (χ1) is 6.57. The van der Waals surface area contributed by atoms with Crippen LogP contribution in [0.15, 0.2) is 11.6 Å². The molecule has 1 heteroatoms. The molecule has 1 nitrogen and oxygen atoms in total. The van der Waals surface area contributed by atoms with Gasteiger partial charge in [-0.1, -0.05) is 38.8 Å². The Kier molecular flexibility index (Phi) is 2.70. The molecule has 80 valence electrons. The van der Waals surface area contributed by atoms with Crippen molar-refractivity contribution in [2.45, 2.75) is 52.5 Å². The molecule has 1 aliphatic carbocycles. The van der Waals surface area contributed by atoms with Crippen molar-refractivity contribution >= 4 is 0 Å². The average molecular weight is 193 g/mol. The van der Waals surface area contributed by atoms with Gasteiger partial charge in [-0.05, 0) is 24.7 Å². The summed E-state index contributed by atoms with van der Waals surface area (Å²) in [5.74, 6) is 0. The smallest absolute Gasteiger partial charge is 0.0169 e. The van der Waals surface area contributed by atoms with E-state index in [1.54, 1.807) is 5.57 Å². The molecule has 2 aliphatic rings. The molecule has 0 saturated heterocycles. The maximum atomic E-state index is 2.67. The molecule has 0 amide bonds. The molecule has 14 heavy (non-hydrogen) atoms. The number of hydrogen-bond acceptors (Lipinski definition) is 1. The van der Waals surface area contributed by atoms with Gasteiger partial charge in [0, 0.05) is 19.1 Å². The Hall–Kier alpha value is -0.300. The van der Waals surface area contributed by atoms with Crippen LogP contribution in [0.25, 0.3) is 0 Å². The van der Waals surface area contributed by atoms with Crippen molar-refractivity contribution in [3.8, 4) is 0 Å². The van der Waals surface area contributed by atoms with Gasteiger partial charge in [0.15, 0.2) is 0 Å². The number of hydrogen-bond donors (Lipinski definition) is 0. The molecule has 1 aliphatic heterocycles. The van der Waals surface area contributed by atoms with Gasteiger partial charge in [-0.3, -0.25) is 4.90 Å². The van der Waals surface area contributed by atoms with Crippen LogP contribution in [-0.2, 0) is 0 Å². The van der Waals surface area contributed by atoms with Crippen LogP contribution < -0.4 is 0 Å². The van der Waals surface area contributed by atoms with E-state index in [1.165, 1.54) is 38.8 Å². The molecule has 2 rings (SSSR count). The Morgan fingerprint density at radius 2 is 2.00 bits per heavy atom. The molecular weight excluding hydrogens is 170 g/mol. The van der Waals surface area contributed by atoms with E-state index in [0.717, 1.165) is 6.04 Å². The van der Waals surface area contributed by atoms with E-state index < -0.39 is 0 Å². The SMILES string of the molecule is CC(C)(C)C1=CCN(C2CCC2)CC1. The van der Waals surface area contributed by atoms with Crippen molar-refractivity contribution in [3.63, 3.8) is 0 Å². The van der Waals surface area contributed by atoms with Crippen molar-refractivity contribution in [1.29, 1.82) is 0 Å². The van der Waals surface area contributed by atoms with Crippen LogP contribution in [0.2, 0.25) is 0 Å². The van der Waals surface area contributed by atoms with Crippen LogP contribution in [0, 0.1) is 5.41 Å². The highest BCUT2D eigenvalue weighted by Gasteiger charge is 2.28. The fourth-order valence-corrected chi connectivity index (χ4v) is 2.45. The van der Waals surface area contributed by atoms with E-state index in [2.05, 4.69) is 31.7 Å². The Bertz CT molecular complexity index is 230. The molecule has 0 atom stereocenters. The van der Waals surface area contributed by atoms with E-state index in [1.807, 2.05) is 0 Å². The van der Waals surface area contributed by atoms with E-state index in [4.69, 9.17) is 0 Å². The van der Waals surface area contributed by atoms with Crippen LogP contribution in [0.3, 0.4) is 0 Å². The third-order valence-corrected chi connectivity index (χ3v) is 3.79. The van der Waals surface area contributed by atoms with E-state index in [0.29, 0.717) is 5.41 Å². The van der Waals surface area contributed by atoms with Crippen LogP contribution in [-0.4, -0.2) is 24.0 Å². The summed E-state index contributed by atoms with van der Waals surface area (Å²) in [6.45, 7) is 9.50. The quantitative estimate of drug-likeness (QED) is 0.578. The minimum atomic E-state index is 0.395. The molecule has 1 fully saturated rings. The van der Waals surface area contributed by atoms with Gasteiger partial charge in [0.2, 0.25) is 0 Å². The molecule has 1 heterocycles. The minimum Gasteiger partial charge on any atom is -0.296 e. The third kappa shape index (κ3) is 2.03. The van der Waals surface area contributed by atoms with Crippen molar-refractivity contribution in [3.05, 3.63) is 11.6 Å². The second kappa shape index (κ2) is 3.69. The molecule has 1 saturated carbocycles. The Labute approximate surface area is 88.2 Å². The van der Waals surface area contributed by atoms with Crippen LogP contribution >= 0.6 is 0 Å². The first-order valence-corrected chi connectivity index (χ1v) is 6.01. The summed E-state index contributed by atoms with van der Waals surface area (Å²) in [4.78, 5) is 2.67. The normalized spacial score (nSPS) is 25.8. The molecule has 0 spiro atoms. The molecule has 0 bridgehead atoms. The van der Waals surface area contributed by atoms with Gasteiger partial charge in [0.1, 0.15) is 0 Å². The second-order valence-electron chi connectivity index (χ2n) is 5.81. The van der Waals surface area contributed by atoms with E-state index in [-0.39, 0.29) is 0 Å². The highest BCUT2D eigenvalue weighted by Crippen LogP contribution is 2.33. The fourth-order valence-electron chi connectivity index (χ4n) is 2.45. The summed E-state index contributed by atoms with van der Waals surface area (Å²) >= 11 is 0. The lowest BCUT2D eigenvalue weighted by Crippen LogP contribution is -2.43. The number of nitrogens with zero attached hydrogens (tertiary/aromatic N) is 1. The standard InChI is InChI=1S/C13H23N/c1-13(2,3)11-7-9-14(10-8-11)12-5-4-6-12/h7,12H,4-6,8-10H2,1-3H3. The zero-order chi connectivity index (χ0) is 10.2. The van der Waals surface area contributed by atoms with Crippen LogP contribution in [0.5, 0.6) is 0 Å². The lowest BCUT2D eigenvalue weighted by molar-refractivity contribution is 0.134. The van der Waals surface area contributed by atoms with Gasteiger partial charge in [-0.2, -0.15) is 0 Å². The zero-order valence-corrected chi connectivity index (χ0v) is 9.84. The molecular formula is C13H23N. The third-order valence-electron chi connectivity index (χ3n) is 3.79. The van der Waals surface area contributed by atoms with Gasteiger partial charge in [0.25, 0.3) is 0 Å². The first-order valence-electron chi connectivity index (χ1n) is 6.01. The zero-order valence-electron chi connectivity index (χ0n) is 9.84. The summed E-state index contributed by atoms with van der Waals surface area (Å²) < 4.78 is 0. The molecule has 0 aromatic carbocycles. The highest BCUT2D eigenvalue weighted by atomic mass is 15.2. The van der Waals surface area contributed by atoms with Crippen molar-refractivity contribution in [2.75, 3.05) is 13.1 Å². The Balaban J connectivity index is 1.92. The van der Waals surface area contributed by atoms with Gasteiger partial charge >= 0.3 is 0 Å². The summed E-state index contributed by atoms with van der Waals surface area (Å²) in [5, 5.41) is 0. The van der Waals surface area contributed by atoms with E-state index >= 15 is 0 Å². The lowest BCUT2D eigenvalue weighted by atomic mass is 9.82. The maximum Gasteiger partial charge on any atom is 0.0169 e. The Morgan fingerprint density at radius 1 is 1.29 bits per heavy atom. The topological polar surface area (TPSA) is 3.24 Å². The van der Waals surface area contributed by atoms with E-state index in [9.17, 15) is 0 Å². The summed E-state index contributed by atoms with van der Waals surface area (Å²) in [6, 6.07) is 0.924. The van der Waals surface area contributed by atoms with Gasteiger partial charge < -0.3 is 0 Å². The predicted octanol–water partition coefficient (Wildman–Crippen LogP) is 3.22. The average Bonchev–Trinajstić information content (AvgIpc) is 2.00. The number of rotatable bonds is 1. The summed E-state index contributed by atoms with van der Waals surface area (Å²) in [6.07, 6.45) is 8.11. The van der Waals surface area contributed by atoms with Crippen molar-refractivity contribution < 1.29 is 0 Å². The van der Waals surface area contributed by atoms with Crippen molar-refractivity contribution in [2.24, 2.45) is 5.41 Å². The monoisotopic (exact) mass is 193 g/mol. The predicted molar refractivity (Wildman–Crippen MR) is 61.4 cm³/mol. The van der Waals surface area contributed by atoms with Gasteiger partial charge in [-0.15, -0.1) is 0 Å². The summed E-state index contributed by atoms with van der Waals surface area (Å²) in [7, 11) is 0. The molecule has 0 aromatic rings. The van der Waals surface area contributed by atoms with Gasteiger partial charge in [0.05, 0.1) is 0 Å². The lowest BCUT2D eigenvalue weighted by Gasteiger charge is -2.40. The Morgan fingerprint density at radius 3 is 2.36 bits per heavy atom. The fraction of sp³-hybridized carbons (Fsp3) is 0.846. The first kappa shape index (κ1) is 10.2. The molecule has 0 unspecified atom stereocenters. The molecule has 0 aromatic heterocycles. The second-order valence-corrected chi connectivity index (χ2v) is 5.81. The molecule has 0 N–H and O–H groups in total. The minimum absolute atomic E-state index is 0.395.